The number of nitrogens with one attached hydrogen (secondary N) is 2. The molecule has 0 aliphatic carbocycles. The van der Waals surface area contributed by atoms with Gasteiger partial charge in [-0.3, -0.25) is 4.79 Å². The largest absolute Gasteiger partial charge is 0.462 e. The maximum atomic E-state index is 12.7. The molecule has 0 fully saturated rings. The van der Waals surface area contributed by atoms with E-state index < -0.39 is 11.9 Å². The summed E-state index contributed by atoms with van der Waals surface area (Å²) in [7, 11) is 0. The predicted molar refractivity (Wildman–Crippen MR) is 110 cm³/mol. The highest BCUT2D eigenvalue weighted by Crippen LogP contribution is 2.28. The van der Waals surface area contributed by atoms with Crippen LogP contribution < -0.4 is 5.32 Å². The number of esters is 1. The van der Waals surface area contributed by atoms with Gasteiger partial charge in [0.25, 0.3) is 5.91 Å². The van der Waals surface area contributed by atoms with Crippen molar-refractivity contribution in [3.05, 3.63) is 68.3 Å². The number of para-hydroxylation sites is 1. The zero-order chi connectivity index (χ0) is 19.6. The Morgan fingerprint density at radius 3 is 2.48 bits per heavy atom. The molecule has 1 heterocycles. The van der Waals surface area contributed by atoms with E-state index in [1.807, 2.05) is 0 Å². The van der Waals surface area contributed by atoms with Crippen LogP contribution in [0, 0.1) is 4.51 Å². The lowest BCUT2D eigenvalue weighted by molar-refractivity contribution is 0.0525. The molecule has 0 saturated heterocycles. The number of amides is 1. The summed E-state index contributed by atoms with van der Waals surface area (Å²) in [6, 6.07) is 10.0. The molecule has 138 valence electrons. The number of benzene rings is 2. The number of anilines is 1. The first-order valence-electron chi connectivity index (χ1n) is 8.01. The number of carbonyl (C=O) groups is 2. The highest BCUT2D eigenvalue weighted by atomic mass is 35.5. The van der Waals surface area contributed by atoms with Gasteiger partial charge < -0.3 is 15.0 Å². The molecule has 0 unspecified atom stereocenters. The summed E-state index contributed by atoms with van der Waals surface area (Å²) in [5, 5.41) is 3.89. The van der Waals surface area contributed by atoms with Gasteiger partial charge in [-0.15, -0.1) is 0 Å². The first kappa shape index (κ1) is 19.4. The summed E-state index contributed by atoms with van der Waals surface area (Å²) < 4.78 is 5.35. The summed E-state index contributed by atoms with van der Waals surface area (Å²) in [5.41, 5.74) is 1.50. The quantitative estimate of drug-likeness (QED) is 0.423. The van der Waals surface area contributed by atoms with Crippen LogP contribution in [0.4, 0.5) is 5.69 Å². The Morgan fingerprint density at radius 1 is 1.15 bits per heavy atom. The van der Waals surface area contributed by atoms with Crippen LogP contribution in [0.5, 0.6) is 0 Å². The molecule has 0 spiro atoms. The maximum absolute atomic E-state index is 12.7. The van der Waals surface area contributed by atoms with E-state index in [9.17, 15) is 9.59 Å². The molecule has 27 heavy (non-hydrogen) atoms. The van der Waals surface area contributed by atoms with E-state index in [0.29, 0.717) is 21.1 Å². The summed E-state index contributed by atoms with van der Waals surface area (Å²) in [6.07, 6.45) is 1.47. The van der Waals surface area contributed by atoms with Crippen LogP contribution in [-0.4, -0.2) is 23.5 Å². The molecule has 0 aliphatic heterocycles. The Kier molecular flexibility index (Phi) is 5.79. The third kappa shape index (κ3) is 3.83. The van der Waals surface area contributed by atoms with Crippen molar-refractivity contribution in [3.63, 3.8) is 0 Å². The van der Waals surface area contributed by atoms with Crippen molar-refractivity contribution in [2.45, 2.75) is 6.92 Å². The van der Waals surface area contributed by atoms with Crippen LogP contribution in [0.3, 0.4) is 0 Å². The fourth-order valence-corrected chi connectivity index (χ4v) is 3.50. The van der Waals surface area contributed by atoms with Gasteiger partial charge in [0.2, 0.25) is 0 Å². The molecule has 0 radical (unpaired) electrons. The van der Waals surface area contributed by atoms with Gasteiger partial charge in [0.05, 0.1) is 43.5 Å². The number of hydrogen-bond acceptors (Lipinski definition) is 4. The Hall–Kier alpha value is -2.41. The fourth-order valence-electron chi connectivity index (χ4n) is 2.62. The third-order valence-corrected chi connectivity index (χ3v) is 4.92. The van der Waals surface area contributed by atoms with Gasteiger partial charge in [0, 0.05) is 11.6 Å². The second kappa shape index (κ2) is 8.08. The lowest BCUT2D eigenvalue weighted by atomic mass is 10.1. The molecule has 2 aromatic carbocycles. The molecule has 2 N–H and O–H groups in total. The number of rotatable bonds is 4. The summed E-state index contributed by atoms with van der Waals surface area (Å²) in [4.78, 5) is 27.7. The lowest BCUT2D eigenvalue weighted by Gasteiger charge is -2.12. The molecule has 0 aliphatic rings. The standard InChI is InChI=1S/C19H14Cl2N2O3S/c1-2-26-19(25)11-9-22-16-10(17(11)27)5-3-8-14(16)23-18(24)15-12(20)6-4-7-13(15)21/h3-9H,2H2,1H3,(H,22,27)(H,23,24). The average molecular weight is 421 g/mol. The summed E-state index contributed by atoms with van der Waals surface area (Å²) in [5.74, 6) is -0.954. The predicted octanol–water partition coefficient (Wildman–Crippen LogP) is 5.63. The maximum Gasteiger partial charge on any atom is 0.341 e. The second-order valence-corrected chi connectivity index (χ2v) is 6.75. The Balaban J connectivity index is 2.04. The van der Waals surface area contributed by atoms with E-state index in [-0.39, 0.29) is 27.8 Å². The number of pyridine rings is 1. The van der Waals surface area contributed by atoms with E-state index >= 15 is 0 Å². The minimum atomic E-state index is -0.502. The fraction of sp³-hybridized carbons (Fsp3) is 0.105. The monoisotopic (exact) mass is 420 g/mol. The van der Waals surface area contributed by atoms with Gasteiger partial charge in [-0.1, -0.05) is 53.6 Å². The highest BCUT2D eigenvalue weighted by molar-refractivity contribution is 7.71. The topological polar surface area (TPSA) is 71.2 Å². The highest BCUT2D eigenvalue weighted by Gasteiger charge is 2.17. The van der Waals surface area contributed by atoms with Crippen molar-refractivity contribution in [2.24, 2.45) is 0 Å². The first-order chi connectivity index (χ1) is 12.9. The van der Waals surface area contributed by atoms with Gasteiger partial charge >= 0.3 is 5.97 Å². The average Bonchev–Trinajstić information content (AvgIpc) is 2.62. The van der Waals surface area contributed by atoms with Crippen LogP contribution in [0.1, 0.15) is 27.6 Å². The minimum Gasteiger partial charge on any atom is -0.462 e. The van der Waals surface area contributed by atoms with Crippen molar-refractivity contribution in [2.75, 3.05) is 11.9 Å². The third-order valence-electron chi connectivity index (χ3n) is 3.85. The molecule has 5 nitrogen and oxygen atoms in total. The molecule has 8 heteroatoms. The normalized spacial score (nSPS) is 10.6. The number of hydrogen-bond donors (Lipinski definition) is 2. The SMILES string of the molecule is CCOC(=O)c1c[nH]c2c(NC(=O)c3c(Cl)cccc3Cl)cccc2c1=S. The number of carbonyl (C=O) groups excluding carboxylic acids is 2. The Morgan fingerprint density at radius 2 is 1.81 bits per heavy atom. The molecule has 1 amide bonds. The van der Waals surface area contributed by atoms with Gasteiger partial charge in [0.1, 0.15) is 0 Å². The molecular formula is C19H14Cl2N2O3S. The van der Waals surface area contributed by atoms with Gasteiger partial charge in [-0.05, 0) is 25.1 Å². The van der Waals surface area contributed by atoms with E-state index in [4.69, 9.17) is 40.2 Å². The molecule has 0 saturated carbocycles. The number of halogens is 2. The van der Waals surface area contributed by atoms with E-state index in [2.05, 4.69) is 10.3 Å². The number of H-pyrrole nitrogens is 1. The molecule has 3 aromatic rings. The molecule has 0 bridgehead atoms. The van der Waals surface area contributed by atoms with E-state index in [1.54, 1.807) is 43.3 Å². The first-order valence-corrected chi connectivity index (χ1v) is 9.17. The zero-order valence-corrected chi connectivity index (χ0v) is 16.5. The van der Waals surface area contributed by atoms with Crippen LogP contribution in [0.2, 0.25) is 10.0 Å². The Labute approximate surface area is 170 Å². The number of ether oxygens (including phenoxy) is 1. The smallest absolute Gasteiger partial charge is 0.341 e. The zero-order valence-electron chi connectivity index (χ0n) is 14.1. The van der Waals surface area contributed by atoms with Crippen molar-refractivity contribution < 1.29 is 14.3 Å². The molecule has 0 atom stereocenters. The number of aromatic amines is 1. The van der Waals surface area contributed by atoms with Crippen molar-refractivity contribution in [1.29, 1.82) is 0 Å². The molecule has 1 aromatic heterocycles. The van der Waals surface area contributed by atoms with Crippen LogP contribution in [0.15, 0.2) is 42.6 Å². The van der Waals surface area contributed by atoms with Crippen molar-refractivity contribution >= 4 is 63.9 Å². The minimum absolute atomic E-state index is 0.180. The van der Waals surface area contributed by atoms with Crippen molar-refractivity contribution in [1.82, 2.24) is 4.98 Å². The Bertz CT molecular complexity index is 1090. The van der Waals surface area contributed by atoms with Crippen LogP contribution in [-0.2, 0) is 4.74 Å². The summed E-state index contributed by atoms with van der Waals surface area (Å²) >= 11 is 17.6. The van der Waals surface area contributed by atoms with E-state index in [0.717, 1.165) is 0 Å². The van der Waals surface area contributed by atoms with Crippen LogP contribution >= 0.6 is 35.4 Å². The molecular weight excluding hydrogens is 407 g/mol. The number of fused-ring (bicyclic) bond motifs is 1. The van der Waals surface area contributed by atoms with Gasteiger partial charge in [-0.2, -0.15) is 0 Å². The van der Waals surface area contributed by atoms with Crippen molar-refractivity contribution in [3.8, 4) is 0 Å². The lowest BCUT2D eigenvalue weighted by Crippen LogP contribution is -2.14. The van der Waals surface area contributed by atoms with Gasteiger partial charge in [-0.25, -0.2) is 4.79 Å². The summed E-state index contributed by atoms with van der Waals surface area (Å²) in [6.45, 7) is 1.97. The second-order valence-electron chi connectivity index (χ2n) is 5.53. The van der Waals surface area contributed by atoms with Crippen LogP contribution in [0.25, 0.3) is 10.9 Å². The molecule has 3 rings (SSSR count). The van der Waals surface area contributed by atoms with Gasteiger partial charge in [0.15, 0.2) is 0 Å². The van der Waals surface area contributed by atoms with E-state index in [1.165, 1.54) is 6.20 Å². The number of aromatic nitrogens is 1.